The highest BCUT2D eigenvalue weighted by Crippen LogP contribution is 2.18. The first kappa shape index (κ1) is 15.8. The Morgan fingerprint density at radius 1 is 1.25 bits per heavy atom. The molecule has 20 heavy (non-hydrogen) atoms. The summed E-state index contributed by atoms with van der Waals surface area (Å²) in [6.45, 7) is 4.30. The summed E-state index contributed by atoms with van der Waals surface area (Å²) in [7, 11) is 0. The summed E-state index contributed by atoms with van der Waals surface area (Å²) < 4.78 is 12.3. The molecule has 4 nitrogen and oxygen atoms in total. The largest absolute Gasteiger partial charge is 0.492 e. The molecule has 2 rings (SSSR count). The first-order chi connectivity index (χ1) is 9.78. The highest BCUT2D eigenvalue weighted by Gasteiger charge is 2.19. The Hall–Kier alpha value is -0.620. The summed E-state index contributed by atoms with van der Waals surface area (Å²) in [5, 5.41) is 8.74. The second-order valence-electron chi connectivity index (χ2n) is 4.94. The van der Waals surface area contributed by atoms with Crippen LogP contribution in [0, 0.1) is 0 Å². The average Bonchev–Trinajstić information content (AvgIpc) is 2.46. The first-order valence-corrected chi connectivity index (χ1v) is 7.90. The molecule has 112 valence electrons. The molecule has 1 fully saturated rings. The summed E-state index contributed by atoms with van der Waals surface area (Å²) in [6.07, 6.45) is 2.39. The minimum absolute atomic E-state index is 0.112. The number of nitrogens with zero attached hydrogens (tertiary/aromatic N) is 1. The zero-order valence-corrected chi connectivity index (χ0v) is 13.2. The third kappa shape index (κ3) is 5.40. The molecule has 0 atom stereocenters. The molecular formula is C15H22BrNO3. The van der Waals surface area contributed by atoms with Crippen LogP contribution in [0.3, 0.4) is 0 Å². The van der Waals surface area contributed by atoms with Crippen molar-refractivity contribution in [3.63, 3.8) is 0 Å². The van der Waals surface area contributed by atoms with Gasteiger partial charge in [-0.25, -0.2) is 0 Å². The van der Waals surface area contributed by atoms with Crippen molar-refractivity contribution < 1.29 is 14.6 Å². The molecule has 0 bridgehead atoms. The van der Waals surface area contributed by atoms with Gasteiger partial charge in [-0.05, 0) is 31.0 Å². The summed E-state index contributed by atoms with van der Waals surface area (Å²) in [6, 6.07) is 7.92. The molecule has 0 aliphatic carbocycles. The monoisotopic (exact) mass is 343 g/mol. The molecule has 0 unspecified atom stereocenters. The highest BCUT2D eigenvalue weighted by molar-refractivity contribution is 9.10. The van der Waals surface area contributed by atoms with Crippen molar-refractivity contribution in [3.8, 4) is 5.75 Å². The summed E-state index contributed by atoms with van der Waals surface area (Å²) in [5.41, 5.74) is 0. The molecule has 1 aromatic carbocycles. The van der Waals surface area contributed by atoms with Crippen LogP contribution >= 0.6 is 15.9 Å². The number of benzene rings is 1. The molecule has 1 heterocycles. The van der Waals surface area contributed by atoms with Crippen LogP contribution < -0.4 is 4.74 Å². The molecule has 1 aromatic rings. The summed E-state index contributed by atoms with van der Waals surface area (Å²) in [5.74, 6) is 0.903. The number of likely N-dealkylation sites (tertiary alicyclic amines) is 1. The van der Waals surface area contributed by atoms with Crippen molar-refractivity contribution in [1.82, 2.24) is 4.90 Å². The van der Waals surface area contributed by atoms with Crippen molar-refractivity contribution in [2.24, 2.45) is 0 Å². The van der Waals surface area contributed by atoms with Gasteiger partial charge in [0.15, 0.2) is 0 Å². The molecule has 0 radical (unpaired) electrons. The second kappa shape index (κ2) is 8.62. The molecule has 0 aromatic heterocycles. The van der Waals surface area contributed by atoms with Crippen molar-refractivity contribution in [2.45, 2.75) is 18.9 Å². The normalized spacial score (nSPS) is 17.3. The summed E-state index contributed by atoms with van der Waals surface area (Å²) >= 11 is 3.44. The number of piperidine rings is 1. The van der Waals surface area contributed by atoms with Crippen LogP contribution in [0.1, 0.15) is 12.8 Å². The van der Waals surface area contributed by atoms with Crippen LogP contribution in [-0.2, 0) is 4.74 Å². The predicted molar refractivity (Wildman–Crippen MR) is 82.1 cm³/mol. The van der Waals surface area contributed by atoms with Gasteiger partial charge in [0.1, 0.15) is 12.4 Å². The predicted octanol–water partition coefficient (Wildman–Crippen LogP) is 2.30. The number of hydrogen-bond acceptors (Lipinski definition) is 4. The lowest BCUT2D eigenvalue weighted by atomic mass is 10.1. The van der Waals surface area contributed by atoms with Gasteiger partial charge in [0.05, 0.1) is 19.3 Å². The Morgan fingerprint density at radius 3 is 2.75 bits per heavy atom. The third-order valence-corrected chi connectivity index (χ3v) is 3.95. The van der Waals surface area contributed by atoms with E-state index in [-0.39, 0.29) is 6.61 Å². The van der Waals surface area contributed by atoms with Gasteiger partial charge in [-0.2, -0.15) is 0 Å². The Labute approximate surface area is 128 Å². The maximum absolute atomic E-state index is 8.74. The Morgan fingerprint density at radius 2 is 2.05 bits per heavy atom. The fraction of sp³-hybridized carbons (Fsp3) is 0.600. The zero-order valence-electron chi connectivity index (χ0n) is 11.6. The van der Waals surface area contributed by atoms with Crippen LogP contribution in [0.2, 0.25) is 0 Å². The number of aliphatic hydroxyl groups is 1. The van der Waals surface area contributed by atoms with E-state index >= 15 is 0 Å². The van der Waals surface area contributed by atoms with E-state index in [2.05, 4.69) is 20.8 Å². The standard InChI is InChI=1S/C15H22BrNO3/c16-13-2-1-3-15(12-13)19-10-8-17-6-4-14(5-7-17)20-11-9-18/h1-3,12,14,18H,4-11H2. The van der Waals surface area contributed by atoms with E-state index < -0.39 is 0 Å². The SMILES string of the molecule is OCCOC1CCN(CCOc2cccc(Br)c2)CC1. The van der Waals surface area contributed by atoms with Gasteiger partial charge in [-0.15, -0.1) is 0 Å². The minimum Gasteiger partial charge on any atom is -0.492 e. The van der Waals surface area contributed by atoms with Gasteiger partial charge in [-0.1, -0.05) is 22.0 Å². The van der Waals surface area contributed by atoms with Crippen LogP contribution in [-0.4, -0.2) is 55.6 Å². The second-order valence-corrected chi connectivity index (χ2v) is 5.86. The summed E-state index contributed by atoms with van der Waals surface area (Å²) in [4.78, 5) is 2.40. The molecule has 1 aliphatic heterocycles. The maximum Gasteiger partial charge on any atom is 0.120 e. The average molecular weight is 344 g/mol. The quantitative estimate of drug-likeness (QED) is 0.824. The van der Waals surface area contributed by atoms with Gasteiger partial charge < -0.3 is 14.6 Å². The molecule has 0 amide bonds. The van der Waals surface area contributed by atoms with E-state index in [1.165, 1.54) is 0 Å². The Bertz CT molecular complexity index is 394. The van der Waals surface area contributed by atoms with Crippen LogP contribution in [0.15, 0.2) is 28.7 Å². The fourth-order valence-electron chi connectivity index (χ4n) is 2.37. The van der Waals surface area contributed by atoms with E-state index in [1.54, 1.807) is 0 Å². The highest BCUT2D eigenvalue weighted by atomic mass is 79.9. The van der Waals surface area contributed by atoms with Gasteiger partial charge in [0.25, 0.3) is 0 Å². The van der Waals surface area contributed by atoms with E-state index in [0.717, 1.165) is 42.7 Å². The van der Waals surface area contributed by atoms with E-state index in [4.69, 9.17) is 14.6 Å². The topological polar surface area (TPSA) is 41.9 Å². The van der Waals surface area contributed by atoms with Crippen LogP contribution in [0.5, 0.6) is 5.75 Å². The number of aliphatic hydroxyl groups excluding tert-OH is 1. The zero-order chi connectivity index (χ0) is 14.2. The fourth-order valence-corrected chi connectivity index (χ4v) is 2.75. The Balaban J connectivity index is 1.61. The molecule has 1 aliphatic rings. The lowest BCUT2D eigenvalue weighted by molar-refractivity contribution is -0.00923. The molecule has 5 heteroatoms. The molecular weight excluding hydrogens is 322 g/mol. The maximum atomic E-state index is 8.74. The van der Waals surface area contributed by atoms with Crippen molar-refractivity contribution in [2.75, 3.05) is 39.5 Å². The molecule has 0 saturated carbocycles. The van der Waals surface area contributed by atoms with Crippen LogP contribution in [0.4, 0.5) is 0 Å². The van der Waals surface area contributed by atoms with Gasteiger partial charge >= 0.3 is 0 Å². The minimum atomic E-state index is 0.112. The van der Waals surface area contributed by atoms with Crippen LogP contribution in [0.25, 0.3) is 0 Å². The van der Waals surface area contributed by atoms with Gasteiger partial charge in [-0.3, -0.25) is 4.90 Å². The lowest BCUT2D eigenvalue weighted by Crippen LogP contribution is -2.39. The van der Waals surface area contributed by atoms with Gasteiger partial charge in [0.2, 0.25) is 0 Å². The number of hydrogen-bond donors (Lipinski definition) is 1. The van der Waals surface area contributed by atoms with Crippen molar-refractivity contribution in [3.05, 3.63) is 28.7 Å². The van der Waals surface area contributed by atoms with Gasteiger partial charge in [0, 0.05) is 24.1 Å². The van der Waals surface area contributed by atoms with E-state index in [0.29, 0.717) is 19.3 Å². The van der Waals surface area contributed by atoms with E-state index in [9.17, 15) is 0 Å². The first-order valence-electron chi connectivity index (χ1n) is 7.11. The van der Waals surface area contributed by atoms with Crippen molar-refractivity contribution >= 4 is 15.9 Å². The number of rotatable bonds is 7. The Kier molecular flexibility index (Phi) is 6.79. The number of ether oxygens (including phenoxy) is 2. The smallest absolute Gasteiger partial charge is 0.120 e. The van der Waals surface area contributed by atoms with E-state index in [1.807, 2.05) is 24.3 Å². The molecule has 1 saturated heterocycles. The molecule has 0 spiro atoms. The lowest BCUT2D eigenvalue weighted by Gasteiger charge is -2.31. The number of halogens is 1. The van der Waals surface area contributed by atoms with Crippen molar-refractivity contribution in [1.29, 1.82) is 0 Å². The molecule has 1 N–H and O–H groups in total. The third-order valence-electron chi connectivity index (χ3n) is 3.45.